The van der Waals surface area contributed by atoms with Gasteiger partial charge in [0.25, 0.3) is 0 Å². The molecule has 1 heterocycles. The van der Waals surface area contributed by atoms with Gasteiger partial charge < -0.3 is 10.6 Å². The zero-order valence-corrected chi connectivity index (χ0v) is 14.4. The number of amides is 2. The average Bonchev–Trinajstić information content (AvgIpc) is 2.55. The number of primary amides is 1. The number of nitrogens with two attached hydrogens (primary N) is 1. The van der Waals surface area contributed by atoms with Gasteiger partial charge in [0.05, 0.1) is 0 Å². The van der Waals surface area contributed by atoms with Crippen LogP contribution >= 0.6 is 0 Å². The molecular weight excluding hydrogens is 309 g/mol. The first-order valence-corrected chi connectivity index (χ1v) is 8.45. The predicted octanol–water partition coefficient (Wildman–Crippen LogP) is 1.55. The van der Waals surface area contributed by atoms with Crippen LogP contribution in [0.4, 0.5) is 4.39 Å². The number of benzene rings is 1. The molecule has 5 nitrogen and oxygen atoms in total. The highest BCUT2D eigenvalue weighted by atomic mass is 19.1. The largest absolute Gasteiger partial charge is 0.368 e. The quantitative estimate of drug-likeness (QED) is 0.858. The molecule has 1 unspecified atom stereocenters. The number of aryl methyl sites for hydroxylation is 1. The van der Waals surface area contributed by atoms with Gasteiger partial charge >= 0.3 is 0 Å². The monoisotopic (exact) mass is 335 g/mol. The van der Waals surface area contributed by atoms with Crippen LogP contribution in [0, 0.1) is 5.82 Å². The van der Waals surface area contributed by atoms with Crippen molar-refractivity contribution in [1.29, 1.82) is 0 Å². The smallest absolute Gasteiger partial charge is 0.241 e. The van der Waals surface area contributed by atoms with Gasteiger partial charge in [-0.2, -0.15) is 0 Å². The summed E-state index contributed by atoms with van der Waals surface area (Å²) in [7, 11) is 0. The van der Waals surface area contributed by atoms with Crippen molar-refractivity contribution in [3.8, 4) is 0 Å². The van der Waals surface area contributed by atoms with E-state index >= 15 is 0 Å². The Labute approximate surface area is 142 Å². The molecule has 2 rings (SSSR count). The van der Waals surface area contributed by atoms with Crippen LogP contribution < -0.4 is 5.73 Å². The average molecular weight is 335 g/mol. The Morgan fingerprint density at radius 1 is 1.25 bits per heavy atom. The van der Waals surface area contributed by atoms with Gasteiger partial charge in [0, 0.05) is 32.1 Å². The van der Waals surface area contributed by atoms with E-state index in [-0.39, 0.29) is 11.7 Å². The maximum absolute atomic E-state index is 12.9. The Kier molecular flexibility index (Phi) is 6.31. The lowest BCUT2D eigenvalue weighted by atomic mass is 10.1. The molecule has 1 atom stereocenters. The fourth-order valence-corrected chi connectivity index (χ4v) is 3.05. The molecule has 1 aromatic carbocycles. The van der Waals surface area contributed by atoms with Crippen LogP contribution in [-0.4, -0.2) is 53.3 Å². The van der Waals surface area contributed by atoms with E-state index in [9.17, 15) is 14.0 Å². The number of piperazine rings is 1. The van der Waals surface area contributed by atoms with E-state index in [0.29, 0.717) is 38.4 Å². The molecule has 1 aromatic rings. The van der Waals surface area contributed by atoms with E-state index in [2.05, 4.69) is 18.7 Å². The number of hydrogen-bond donors (Lipinski definition) is 1. The Balaban J connectivity index is 1.88. The highest BCUT2D eigenvalue weighted by Gasteiger charge is 2.34. The van der Waals surface area contributed by atoms with E-state index in [4.69, 9.17) is 5.73 Å². The van der Waals surface area contributed by atoms with E-state index in [0.717, 1.165) is 12.1 Å². The van der Waals surface area contributed by atoms with Crippen LogP contribution in [0.3, 0.4) is 0 Å². The van der Waals surface area contributed by atoms with E-state index in [1.807, 2.05) is 0 Å². The maximum atomic E-state index is 12.9. The SMILES string of the molecule is CC(C)N1CCN(C(=O)CCCc2ccc(F)cc2)C(C(N)=O)C1. The Morgan fingerprint density at radius 2 is 1.92 bits per heavy atom. The Hall–Kier alpha value is -1.95. The molecule has 0 radical (unpaired) electrons. The Morgan fingerprint density at radius 3 is 2.50 bits per heavy atom. The van der Waals surface area contributed by atoms with Crippen LogP contribution in [0.5, 0.6) is 0 Å². The summed E-state index contributed by atoms with van der Waals surface area (Å²) in [5.74, 6) is -0.751. The van der Waals surface area contributed by atoms with Crippen molar-refractivity contribution >= 4 is 11.8 Å². The Bertz CT molecular complexity index is 574. The van der Waals surface area contributed by atoms with Gasteiger partial charge in [-0.1, -0.05) is 12.1 Å². The van der Waals surface area contributed by atoms with Crippen molar-refractivity contribution in [3.05, 3.63) is 35.6 Å². The summed E-state index contributed by atoms with van der Waals surface area (Å²) < 4.78 is 12.9. The lowest BCUT2D eigenvalue weighted by Crippen LogP contribution is -2.60. The topological polar surface area (TPSA) is 66.6 Å². The molecule has 24 heavy (non-hydrogen) atoms. The highest BCUT2D eigenvalue weighted by molar-refractivity contribution is 5.87. The van der Waals surface area contributed by atoms with E-state index in [1.165, 1.54) is 12.1 Å². The second kappa shape index (κ2) is 8.24. The van der Waals surface area contributed by atoms with Gasteiger partial charge in [-0.05, 0) is 44.4 Å². The van der Waals surface area contributed by atoms with Crippen molar-refractivity contribution in [2.75, 3.05) is 19.6 Å². The van der Waals surface area contributed by atoms with Crippen LogP contribution in [0.15, 0.2) is 24.3 Å². The van der Waals surface area contributed by atoms with Crippen LogP contribution in [-0.2, 0) is 16.0 Å². The molecule has 132 valence electrons. The summed E-state index contributed by atoms with van der Waals surface area (Å²) in [6.07, 6.45) is 1.74. The molecule has 0 saturated carbocycles. The predicted molar refractivity (Wildman–Crippen MR) is 90.7 cm³/mol. The number of carbonyl (C=O) groups is 2. The normalized spacial score (nSPS) is 18.8. The molecule has 0 aliphatic carbocycles. The number of rotatable bonds is 6. The summed E-state index contributed by atoms with van der Waals surface area (Å²) in [4.78, 5) is 28.0. The van der Waals surface area contributed by atoms with Crippen molar-refractivity contribution in [3.63, 3.8) is 0 Å². The van der Waals surface area contributed by atoms with Gasteiger partial charge in [-0.25, -0.2) is 4.39 Å². The molecule has 2 N–H and O–H groups in total. The van der Waals surface area contributed by atoms with Gasteiger partial charge in [0.15, 0.2) is 0 Å². The van der Waals surface area contributed by atoms with E-state index in [1.54, 1.807) is 17.0 Å². The molecule has 0 bridgehead atoms. The van der Waals surface area contributed by atoms with Crippen molar-refractivity contribution < 1.29 is 14.0 Å². The summed E-state index contributed by atoms with van der Waals surface area (Å²) >= 11 is 0. The molecule has 0 aromatic heterocycles. The van der Waals surface area contributed by atoms with Crippen LogP contribution in [0.25, 0.3) is 0 Å². The maximum Gasteiger partial charge on any atom is 0.241 e. The molecular formula is C18H26FN3O2. The minimum absolute atomic E-state index is 0.0377. The second-order valence-electron chi connectivity index (χ2n) is 6.57. The number of halogens is 1. The van der Waals surface area contributed by atoms with Gasteiger partial charge in [-0.3, -0.25) is 14.5 Å². The molecule has 1 aliphatic heterocycles. The summed E-state index contributed by atoms with van der Waals surface area (Å²) in [5.41, 5.74) is 6.50. The van der Waals surface area contributed by atoms with Crippen LogP contribution in [0.2, 0.25) is 0 Å². The fourth-order valence-electron chi connectivity index (χ4n) is 3.05. The molecule has 1 fully saturated rings. The fraction of sp³-hybridized carbons (Fsp3) is 0.556. The van der Waals surface area contributed by atoms with Gasteiger partial charge in [0.1, 0.15) is 11.9 Å². The highest BCUT2D eigenvalue weighted by Crippen LogP contribution is 2.15. The lowest BCUT2D eigenvalue weighted by Gasteiger charge is -2.41. The molecule has 0 spiro atoms. The van der Waals surface area contributed by atoms with Gasteiger partial charge in [0.2, 0.25) is 11.8 Å². The summed E-state index contributed by atoms with van der Waals surface area (Å²) in [6.45, 7) is 5.92. The van der Waals surface area contributed by atoms with Gasteiger partial charge in [-0.15, -0.1) is 0 Å². The van der Waals surface area contributed by atoms with Crippen LogP contribution in [0.1, 0.15) is 32.3 Å². The molecule has 1 saturated heterocycles. The number of hydrogen-bond acceptors (Lipinski definition) is 3. The molecule has 1 aliphatic rings. The molecule has 6 heteroatoms. The third kappa shape index (κ3) is 4.77. The third-order valence-electron chi connectivity index (χ3n) is 4.56. The summed E-state index contributed by atoms with van der Waals surface area (Å²) in [6, 6.07) is 6.07. The first-order valence-electron chi connectivity index (χ1n) is 8.45. The minimum Gasteiger partial charge on any atom is -0.368 e. The van der Waals surface area contributed by atoms with E-state index < -0.39 is 11.9 Å². The number of nitrogens with zero attached hydrogens (tertiary/aromatic N) is 2. The third-order valence-corrected chi connectivity index (χ3v) is 4.56. The number of carbonyl (C=O) groups excluding carboxylic acids is 2. The zero-order chi connectivity index (χ0) is 17.7. The zero-order valence-electron chi connectivity index (χ0n) is 14.4. The van der Waals surface area contributed by atoms with Crippen molar-refractivity contribution in [1.82, 2.24) is 9.80 Å². The molecule has 2 amide bonds. The second-order valence-corrected chi connectivity index (χ2v) is 6.57. The first-order chi connectivity index (χ1) is 11.4. The van der Waals surface area contributed by atoms with Crippen molar-refractivity contribution in [2.24, 2.45) is 5.73 Å². The lowest BCUT2D eigenvalue weighted by molar-refractivity contribution is -0.143. The van der Waals surface area contributed by atoms with Crippen molar-refractivity contribution in [2.45, 2.75) is 45.2 Å². The minimum atomic E-state index is -0.556. The summed E-state index contributed by atoms with van der Waals surface area (Å²) in [5, 5.41) is 0. The first kappa shape index (κ1) is 18.4. The standard InChI is InChI=1S/C18H26FN3O2/c1-13(2)21-10-11-22(16(12-21)18(20)24)17(23)5-3-4-14-6-8-15(19)9-7-14/h6-9,13,16H,3-5,10-12H2,1-2H3,(H2,20,24).